The van der Waals surface area contributed by atoms with E-state index >= 15 is 0 Å². The normalized spacial score (nSPS) is 13.7. The molecule has 6 nitrogen and oxygen atoms in total. The Morgan fingerprint density at radius 1 is 1.14 bits per heavy atom. The number of hydrogen-bond donors (Lipinski definition) is 2. The number of nitrogens with two attached hydrogens (primary N) is 1. The minimum absolute atomic E-state index is 0.0172. The van der Waals surface area contributed by atoms with E-state index in [1.807, 2.05) is 18.2 Å². The first-order chi connectivity index (χ1) is 16.9. The summed E-state index contributed by atoms with van der Waals surface area (Å²) in [7, 11) is 0. The predicted octanol–water partition coefficient (Wildman–Crippen LogP) is 5.22. The Bertz CT molecular complexity index is 1200. The van der Waals surface area contributed by atoms with Crippen LogP contribution in [0.25, 0.3) is 11.1 Å². The Kier molecular flexibility index (Phi) is 8.44. The Morgan fingerprint density at radius 3 is 2.74 bits per heavy atom. The molecule has 1 aliphatic rings. The Balaban J connectivity index is 1.40. The number of carbonyl (C=O) groups excluding carboxylic acids is 1. The molecule has 35 heavy (non-hydrogen) atoms. The van der Waals surface area contributed by atoms with Gasteiger partial charge in [0.15, 0.2) is 11.6 Å². The third-order valence-electron chi connectivity index (χ3n) is 6.00. The number of hydrogen-bond acceptors (Lipinski definition) is 5. The van der Waals surface area contributed by atoms with Crippen LogP contribution >= 0.6 is 23.2 Å². The molecule has 0 unspecified atom stereocenters. The van der Waals surface area contributed by atoms with E-state index in [9.17, 15) is 9.18 Å². The van der Waals surface area contributed by atoms with Crippen molar-refractivity contribution in [2.75, 3.05) is 38.5 Å². The molecule has 1 aliphatic heterocycles. The quantitative estimate of drug-likeness (QED) is 0.381. The highest BCUT2D eigenvalue weighted by molar-refractivity contribution is 6.36. The van der Waals surface area contributed by atoms with Crippen molar-refractivity contribution in [1.29, 1.82) is 0 Å². The van der Waals surface area contributed by atoms with Gasteiger partial charge in [0.2, 0.25) is 0 Å². The average molecular weight is 517 g/mol. The van der Waals surface area contributed by atoms with Crippen molar-refractivity contribution in [2.24, 2.45) is 0 Å². The number of nitrogens with zero attached hydrogens (tertiary/aromatic N) is 2. The highest BCUT2D eigenvalue weighted by Crippen LogP contribution is 2.30. The number of carbonyl (C=O) groups is 1. The molecule has 184 valence electrons. The van der Waals surface area contributed by atoms with Gasteiger partial charge in [-0.15, -0.1) is 0 Å². The van der Waals surface area contributed by atoms with E-state index in [-0.39, 0.29) is 23.4 Å². The number of nitrogen functional groups attached to an aromatic ring is 1. The molecule has 1 saturated heterocycles. The molecule has 0 aliphatic carbocycles. The Hall–Kier alpha value is -2.87. The molecule has 2 aromatic carbocycles. The molecule has 2 heterocycles. The first-order valence-corrected chi connectivity index (χ1v) is 12.3. The molecule has 0 saturated carbocycles. The molecule has 0 atom stereocenters. The molecule has 3 N–H and O–H groups in total. The maximum absolute atomic E-state index is 13.8. The van der Waals surface area contributed by atoms with E-state index in [1.165, 1.54) is 25.0 Å². The second-order valence-electron chi connectivity index (χ2n) is 8.41. The number of pyridine rings is 1. The molecule has 0 bridgehead atoms. The van der Waals surface area contributed by atoms with Crippen molar-refractivity contribution in [3.8, 4) is 16.9 Å². The van der Waals surface area contributed by atoms with Gasteiger partial charge in [0, 0.05) is 41.9 Å². The zero-order chi connectivity index (χ0) is 24.8. The highest BCUT2D eigenvalue weighted by atomic mass is 35.5. The van der Waals surface area contributed by atoms with Crippen molar-refractivity contribution in [1.82, 2.24) is 15.2 Å². The molecule has 1 amide bonds. The Morgan fingerprint density at radius 2 is 1.94 bits per heavy atom. The van der Waals surface area contributed by atoms with Crippen molar-refractivity contribution in [2.45, 2.75) is 19.3 Å². The molecule has 0 radical (unpaired) electrons. The highest BCUT2D eigenvalue weighted by Gasteiger charge is 2.14. The van der Waals surface area contributed by atoms with Crippen LogP contribution in [0.5, 0.6) is 5.75 Å². The summed E-state index contributed by atoms with van der Waals surface area (Å²) < 4.78 is 19.6. The van der Waals surface area contributed by atoms with Gasteiger partial charge in [0.25, 0.3) is 5.91 Å². The molecule has 4 rings (SSSR count). The number of aromatic nitrogens is 1. The fourth-order valence-corrected chi connectivity index (χ4v) is 4.63. The van der Waals surface area contributed by atoms with Crippen LogP contribution in [-0.4, -0.2) is 48.6 Å². The van der Waals surface area contributed by atoms with Gasteiger partial charge in [0.1, 0.15) is 5.82 Å². The van der Waals surface area contributed by atoms with Crippen LogP contribution in [-0.2, 0) is 6.42 Å². The van der Waals surface area contributed by atoms with Crippen LogP contribution in [0.1, 0.15) is 28.8 Å². The van der Waals surface area contributed by atoms with Gasteiger partial charge in [0.05, 0.1) is 11.6 Å². The van der Waals surface area contributed by atoms with Crippen molar-refractivity contribution in [3.05, 3.63) is 75.7 Å². The third kappa shape index (κ3) is 6.42. The number of anilines is 1. The third-order valence-corrected chi connectivity index (χ3v) is 6.76. The van der Waals surface area contributed by atoms with Gasteiger partial charge in [-0.05, 0) is 67.4 Å². The summed E-state index contributed by atoms with van der Waals surface area (Å²) in [5, 5.41) is 3.35. The van der Waals surface area contributed by atoms with Crippen molar-refractivity contribution >= 4 is 34.9 Å². The number of amides is 1. The number of benzene rings is 2. The lowest BCUT2D eigenvalue weighted by Crippen LogP contribution is -2.33. The van der Waals surface area contributed by atoms with Crippen LogP contribution in [0.15, 0.2) is 48.7 Å². The molecule has 0 spiro atoms. The zero-order valence-electron chi connectivity index (χ0n) is 19.2. The first-order valence-electron chi connectivity index (χ1n) is 11.5. The van der Waals surface area contributed by atoms with Crippen molar-refractivity contribution in [3.63, 3.8) is 0 Å². The fraction of sp³-hybridized carbons (Fsp3) is 0.308. The number of halogens is 3. The first kappa shape index (κ1) is 25.2. The van der Waals surface area contributed by atoms with Crippen LogP contribution in [0.3, 0.4) is 0 Å². The standard InChI is InChI=1S/C26H27Cl2FN4O2/c27-21-6-7-22(29)24(28)20(21)8-13-35-23-15-19(16-32-25(23)30)17-4-3-5-18(14-17)26(34)31-9-12-33-10-1-2-11-33/h3-7,14-16H,1-2,8-13H2,(H2,30,32)(H,31,34). The van der Waals surface area contributed by atoms with Crippen LogP contribution < -0.4 is 15.8 Å². The lowest BCUT2D eigenvalue weighted by molar-refractivity contribution is 0.0950. The minimum Gasteiger partial charge on any atom is -0.489 e. The maximum Gasteiger partial charge on any atom is 0.251 e. The SMILES string of the molecule is Nc1ncc(-c2cccc(C(=O)NCCN3CCCC3)c2)cc1OCCc1c(Cl)ccc(F)c1Cl. The van der Waals surface area contributed by atoms with E-state index < -0.39 is 5.82 Å². The van der Waals surface area contributed by atoms with Gasteiger partial charge < -0.3 is 20.7 Å². The number of likely N-dealkylation sites (tertiary alicyclic amines) is 1. The fourth-order valence-electron chi connectivity index (χ4n) is 4.07. The predicted molar refractivity (Wildman–Crippen MR) is 138 cm³/mol. The van der Waals surface area contributed by atoms with E-state index in [0.29, 0.717) is 34.9 Å². The smallest absolute Gasteiger partial charge is 0.251 e. The largest absolute Gasteiger partial charge is 0.489 e. The number of nitrogens with one attached hydrogen (secondary N) is 1. The van der Waals surface area contributed by atoms with E-state index in [0.717, 1.165) is 30.8 Å². The lowest BCUT2D eigenvalue weighted by Gasteiger charge is -2.15. The molecule has 9 heteroatoms. The van der Waals surface area contributed by atoms with Crippen LogP contribution in [0.4, 0.5) is 10.2 Å². The second kappa shape index (κ2) is 11.7. The molecular formula is C26H27Cl2FN4O2. The summed E-state index contributed by atoms with van der Waals surface area (Å²) in [6, 6.07) is 11.8. The molecule has 1 aromatic heterocycles. The summed E-state index contributed by atoms with van der Waals surface area (Å²) >= 11 is 12.2. The van der Waals surface area contributed by atoms with Gasteiger partial charge in [-0.3, -0.25) is 4.79 Å². The van der Waals surface area contributed by atoms with Gasteiger partial charge in [-0.2, -0.15) is 0 Å². The minimum atomic E-state index is -0.533. The molecule has 1 fully saturated rings. The molecular weight excluding hydrogens is 490 g/mol. The Labute approximate surface area is 214 Å². The lowest BCUT2D eigenvalue weighted by atomic mass is 10.0. The topological polar surface area (TPSA) is 80.5 Å². The summed E-state index contributed by atoms with van der Waals surface area (Å²) in [5.41, 5.74) is 8.60. The second-order valence-corrected chi connectivity index (χ2v) is 9.20. The zero-order valence-corrected chi connectivity index (χ0v) is 20.7. The van der Waals surface area contributed by atoms with Gasteiger partial charge in [-0.25, -0.2) is 9.37 Å². The average Bonchev–Trinajstić information content (AvgIpc) is 3.38. The maximum atomic E-state index is 13.8. The number of rotatable bonds is 9. The number of ether oxygens (including phenoxy) is 1. The van der Waals surface area contributed by atoms with Gasteiger partial charge >= 0.3 is 0 Å². The summed E-state index contributed by atoms with van der Waals surface area (Å²) in [6.45, 7) is 3.85. The summed E-state index contributed by atoms with van der Waals surface area (Å²) in [4.78, 5) is 19.2. The van der Waals surface area contributed by atoms with Crippen molar-refractivity contribution < 1.29 is 13.9 Å². The molecule has 3 aromatic rings. The monoisotopic (exact) mass is 516 g/mol. The van der Waals surface area contributed by atoms with E-state index in [2.05, 4.69) is 15.2 Å². The summed E-state index contributed by atoms with van der Waals surface area (Å²) in [6.07, 6.45) is 4.38. The van der Waals surface area contributed by atoms with Gasteiger partial charge in [-0.1, -0.05) is 35.3 Å². The van der Waals surface area contributed by atoms with E-state index in [4.69, 9.17) is 33.7 Å². The van der Waals surface area contributed by atoms with E-state index in [1.54, 1.807) is 18.3 Å². The van der Waals surface area contributed by atoms with Crippen LogP contribution in [0.2, 0.25) is 10.0 Å². The summed E-state index contributed by atoms with van der Waals surface area (Å²) in [5.74, 6) is -0.0448. The van der Waals surface area contributed by atoms with Crippen LogP contribution in [0, 0.1) is 5.82 Å².